The van der Waals surface area contributed by atoms with Gasteiger partial charge in [0.2, 0.25) is 0 Å². The molecular weight excluding hydrogens is 397 g/mol. The fourth-order valence-corrected chi connectivity index (χ4v) is 3.13. The SMILES string of the molecule is COc1ccc2nc(Nc3ccc(OC(F)(F)F)cc3)c3nccn3c2c1Cl. The molecule has 0 fully saturated rings. The Morgan fingerprint density at radius 2 is 1.86 bits per heavy atom. The number of alkyl halides is 3. The molecule has 144 valence electrons. The van der Waals surface area contributed by atoms with Crippen LogP contribution in [-0.4, -0.2) is 27.8 Å². The molecule has 4 rings (SSSR count). The van der Waals surface area contributed by atoms with E-state index in [0.29, 0.717) is 39.0 Å². The van der Waals surface area contributed by atoms with Gasteiger partial charge in [0.05, 0.1) is 18.1 Å². The van der Waals surface area contributed by atoms with Crippen LogP contribution in [0.1, 0.15) is 0 Å². The van der Waals surface area contributed by atoms with Crippen molar-refractivity contribution < 1.29 is 22.6 Å². The lowest BCUT2D eigenvalue weighted by Gasteiger charge is -2.13. The number of nitrogens with zero attached hydrogens (tertiary/aromatic N) is 3. The minimum atomic E-state index is -4.74. The molecular formula is C18H12ClF3N4O2. The number of hydrogen-bond acceptors (Lipinski definition) is 5. The molecule has 28 heavy (non-hydrogen) atoms. The van der Waals surface area contributed by atoms with Crippen LogP contribution in [0, 0.1) is 0 Å². The average molecular weight is 409 g/mol. The predicted molar refractivity (Wildman–Crippen MR) is 98.5 cm³/mol. The molecule has 0 radical (unpaired) electrons. The zero-order valence-electron chi connectivity index (χ0n) is 14.3. The van der Waals surface area contributed by atoms with Gasteiger partial charge >= 0.3 is 6.36 Å². The molecule has 2 aromatic carbocycles. The molecule has 1 N–H and O–H groups in total. The number of aromatic nitrogens is 3. The molecule has 2 heterocycles. The van der Waals surface area contributed by atoms with Crippen LogP contribution in [0.4, 0.5) is 24.7 Å². The lowest BCUT2D eigenvalue weighted by atomic mass is 10.2. The van der Waals surface area contributed by atoms with E-state index in [0.717, 1.165) is 0 Å². The van der Waals surface area contributed by atoms with Crippen LogP contribution in [0.3, 0.4) is 0 Å². The zero-order chi connectivity index (χ0) is 19.9. The van der Waals surface area contributed by atoms with E-state index in [1.807, 2.05) is 0 Å². The highest BCUT2D eigenvalue weighted by molar-refractivity contribution is 6.36. The fraction of sp³-hybridized carbons (Fsp3) is 0.111. The summed E-state index contributed by atoms with van der Waals surface area (Å²) in [7, 11) is 1.52. The number of fused-ring (bicyclic) bond motifs is 3. The van der Waals surface area contributed by atoms with E-state index < -0.39 is 6.36 Å². The Balaban J connectivity index is 1.74. The molecule has 0 aliphatic rings. The summed E-state index contributed by atoms with van der Waals surface area (Å²) in [5.74, 6) is 0.615. The van der Waals surface area contributed by atoms with Crippen molar-refractivity contribution in [3.63, 3.8) is 0 Å². The first kappa shape index (κ1) is 18.2. The number of anilines is 2. The first-order chi connectivity index (χ1) is 13.4. The minimum Gasteiger partial charge on any atom is -0.495 e. The summed E-state index contributed by atoms with van der Waals surface area (Å²) >= 11 is 6.42. The van der Waals surface area contributed by atoms with Crippen LogP contribution < -0.4 is 14.8 Å². The third-order valence-electron chi connectivity index (χ3n) is 3.96. The summed E-state index contributed by atoms with van der Waals surface area (Å²) in [6.07, 6.45) is -1.41. The molecule has 0 spiro atoms. The van der Waals surface area contributed by atoms with Gasteiger partial charge in [-0.05, 0) is 36.4 Å². The van der Waals surface area contributed by atoms with Crippen LogP contribution in [0.25, 0.3) is 16.7 Å². The molecule has 4 aromatic rings. The Morgan fingerprint density at radius 1 is 1.11 bits per heavy atom. The van der Waals surface area contributed by atoms with Crippen LogP contribution in [0.5, 0.6) is 11.5 Å². The number of benzene rings is 2. The summed E-state index contributed by atoms with van der Waals surface area (Å²) < 4.78 is 47.7. The third-order valence-corrected chi connectivity index (χ3v) is 4.32. The normalized spacial score (nSPS) is 11.8. The second-order valence-corrected chi connectivity index (χ2v) is 6.11. The first-order valence-electron chi connectivity index (χ1n) is 7.98. The molecule has 0 saturated carbocycles. The van der Waals surface area contributed by atoms with Gasteiger partial charge in [-0.3, -0.25) is 4.40 Å². The maximum absolute atomic E-state index is 12.3. The standard InChI is InChI=1S/C18H12ClF3N4O2/c1-27-13-7-6-12-15(14(13)19)26-9-8-23-17(26)16(25-12)24-10-2-4-11(5-3-10)28-18(20,21)22/h2-9H,1H3,(H,24,25). The number of halogens is 4. The molecule has 0 aliphatic heterocycles. The van der Waals surface area contributed by atoms with Crippen LogP contribution in [0.15, 0.2) is 48.8 Å². The highest BCUT2D eigenvalue weighted by Crippen LogP contribution is 2.34. The molecule has 0 amide bonds. The van der Waals surface area contributed by atoms with Crippen molar-refractivity contribution in [2.45, 2.75) is 6.36 Å². The molecule has 0 aliphatic carbocycles. The number of hydrogen-bond donors (Lipinski definition) is 1. The van der Waals surface area contributed by atoms with E-state index in [2.05, 4.69) is 20.0 Å². The van der Waals surface area contributed by atoms with E-state index in [-0.39, 0.29) is 5.75 Å². The second kappa shape index (κ2) is 6.75. The lowest BCUT2D eigenvalue weighted by Crippen LogP contribution is -2.17. The topological polar surface area (TPSA) is 60.7 Å². The van der Waals surface area contributed by atoms with Crippen molar-refractivity contribution in [1.29, 1.82) is 0 Å². The predicted octanol–water partition coefficient (Wildman–Crippen LogP) is 5.19. The smallest absolute Gasteiger partial charge is 0.495 e. The number of ether oxygens (including phenoxy) is 2. The summed E-state index contributed by atoms with van der Waals surface area (Å²) in [6.45, 7) is 0. The molecule has 0 bridgehead atoms. The first-order valence-corrected chi connectivity index (χ1v) is 8.35. The maximum Gasteiger partial charge on any atom is 0.573 e. The van der Waals surface area contributed by atoms with E-state index in [9.17, 15) is 13.2 Å². The van der Waals surface area contributed by atoms with Crippen LogP contribution in [0.2, 0.25) is 5.02 Å². The largest absolute Gasteiger partial charge is 0.573 e. The highest BCUT2D eigenvalue weighted by Gasteiger charge is 2.31. The van der Waals surface area contributed by atoms with Gasteiger partial charge in [-0.2, -0.15) is 0 Å². The van der Waals surface area contributed by atoms with Crippen LogP contribution >= 0.6 is 11.6 Å². The highest BCUT2D eigenvalue weighted by atomic mass is 35.5. The van der Waals surface area contributed by atoms with Gasteiger partial charge in [-0.1, -0.05) is 11.6 Å². The van der Waals surface area contributed by atoms with Gasteiger partial charge in [0.25, 0.3) is 0 Å². The minimum absolute atomic E-state index is 0.311. The van der Waals surface area contributed by atoms with E-state index in [4.69, 9.17) is 16.3 Å². The number of rotatable bonds is 4. The second-order valence-electron chi connectivity index (χ2n) is 5.73. The van der Waals surface area contributed by atoms with Gasteiger partial charge in [0.15, 0.2) is 11.5 Å². The summed E-state index contributed by atoms with van der Waals surface area (Å²) in [5.41, 5.74) is 2.24. The molecule has 0 unspecified atom stereocenters. The summed E-state index contributed by atoms with van der Waals surface area (Å²) in [6, 6.07) is 8.78. The van der Waals surface area contributed by atoms with E-state index in [1.165, 1.54) is 31.4 Å². The Kier molecular flexibility index (Phi) is 4.38. The van der Waals surface area contributed by atoms with Gasteiger partial charge in [-0.15, -0.1) is 13.2 Å². The monoisotopic (exact) mass is 408 g/mol. The van der Waals surface area contributed by atoms with Crippen molar-refractivity contribution in [1.82, 2.24) is 14.4 Å². The van der Waals surface area contributed by atoms with Crippen molar-refractivity contribution in [2.24, 2.45) is 0 Å². The summed E-state index contributed by atoms with van der Waals surface area (Å²) in [5, 5.41) is 3.46. The number of nitrogens with one attached hydrogen (secondary N) is 1. The number of methoxy groups -OCH3 is 1. The van der Waals surface area contributed by atoms with Crippen molar-refractivity contribution >= 4 is 39.8 Å². The molecule has 0 saturated heterocycles. The lowest BCUT2D eigenvalue weighted by molar-refractivity contribution is -0.274. The van der Waals surface area contributed by atoms with E-state index >= 15 is 0 Å². The molecule has 2 aromatic heterocycles. The average Bonchev–Trinajstić information content (AvgIpc) is 3.12. The Bertz CT molecular complexity index is 1160. The molecule has 6 nitrogen and oxygen atoms in total. The molecule has 0 atom stereocenters. The molecule has 10 heteroatoms. The quantitative estimate of drug-likeness (QED) is 0.503. The van der Waals surface area contributed by atoms with Crippen molar-refractivity contribution in [2.75, 3.05) is 12.4 Å². The fourth-order valence-electron chi connectivity index (χ4n) is 2.80. The Hall–Kier alpha value is -3.20. The Labute approximate surface area is 161 Å². The Morgan fingerprint density at radius 3 is 2.54 bits per heavy atom. The third kappa shape index (κ3) is 3.36. The van der Waals surface area contributed by atoms with E-state index in [1.54, 1.807) is 28.9 Å². The van der Waals surface area contributed by atoms with Gasteiger partial charge in [0, 0.05) is 18.1 Å². The zero-order valence-corrected chi connectivity index (χ0v) is 15.0. The maximum atomic E-state index is 12.3. The van der Waals surface area contributed by atoms with Gasteiger partial charge < -0.3 is 14.8 Å². The summed E-state index contributed by atoms with van der Waals surface area (Å²) in [4.78, 5) is 8.84. The van der Waals surface area contributed by atoms with Gasteiger partial charge in [-0.25, -0.2) is 9.97 Å². The van der Waals surface area contributed by atoms with Crippen molar-refractivity contribution in [3.05, 3.63) is 53.8 Å². The number of imidazole rings is 1. The van der Waals surface area contributed by atoms with Gasteiger partial charge in [0.1, 0.15) is 16.5 Å². The van der Waals surface area contributed by atoms with Crippen LogP contribution in [-0.2, 0) is 0 Å². The van der Waals surface area contributed by atoms with Crippen molar-refractivity contribution in [3.8, 4) is 11.5 Å².